The zero-order chi connectivity index (χ0) is 24.6. The molecule has 0 aliphatic carbocycles. The standard InChI is InChI=1S/C15H28O2.C13H18O3/c1-3-5-6-7-8-9-10-11-12-13-14-17-15(16)4-2;1-2-3-4-7-10-16-13(15)11-8-5-6-9-12(11)14/h4H,2-3,5-14H2,1H3;5-6,8-9,14H,2-4,7,10H2,1H3. The number of esters is 2. The Kier molecular flexibility index (Phi) is 21.3. The first kappa shape index (κ1) is 30.7. The Bertz CT molecular complexity index is 626. The van der Waals surface area contributed by atoms with Gasteiger partial charge in [-0.15, -0.1) is 0 Å². The van der Waals surface area contributed by atoms with E-state index in [-0.39, 0.29) is 17.3 Å². The number of unbranched alkanes of at least 4 members (excludes halogenated alkanes) is 12. The van der Waals surface area contributed by atoms with Crippen molar-refractivity contribution in [1.82, 2.24) is 0 Å². The van der Waals surface area contributed by atoms with Crippen molar-refractivity contribution in [2.45, 2.75) is 104 Å². The summed E-state index contributed by atoms with van der Waals surface area (Å²) in [5.41, 5.74) is 0.234. The predicted octanol–water partition coefficient (Wildman–Crippen LogP) is 7.77. The number of rotatable bonds is 18. The highest BCUT2D eigenvalue weighted by Crippen LogP contribution is 2.16. The molecule has 0 amide bonds. The fourth-order valence-corrected chi connectivity index (χ4v) is 3.24. The van der Waals surface area contributed by atoms with Gasteiger partial charge in [-0.25, -0.2) is 9.59 Å². The van der Waals surface area contributed by atoms with E-state index in [1.807, 2.05) is 0 Å². The maximum absolute atomic E-state index is 11.5. The summed E-state index contributed by atoms with van der Waals surface area (Å²) in [7, 11) is 0. The Labute approximate surface area is 201 Å². The van der Waals surface area contributed by atoms with Crippen LogP contribution in [0.1, 0.15) is 114 Å². The van der Waals surface area contributed by atoms with Crippen LogP contribution in [0, 0.1) is 0 Å². The lowest BCUT2D eigenvalue weighted by atomic mass is 10.1. The number of hydrogen-bond acceptors (Lipinski definition) is 5. The number of aromatic hydroxyl groups is 1. The third-order valence-electron chi connectivity index (χ3n) is 5.26. The van der Waals surface area contributed by atoms with Crippen LogP contribution in [0.5, 0.6) is 5.75 Å². The molecule has 0 heterocycles. The van der Waals surface area contributed by atoms with Gasteiger partial charge >= 0.3 is 11.9 Å². The molecule has 0 aliphatic rings. The minimum absolute atomic E-state index is 0.0268. The Balaban J connectivity index is 0.000000621. The van der Waals surface area contributed by atoms with Crippen LogP contribution in [0.4, 0.5) is 0 Å². The molecule has 0 atom stereocenters. The second-order valence-corrected chi connectivity index (χ2v) is 8.27. The molecule has 1 aromatic rings. The molecule has 1 aromatic carbocycles. The summed E-state index contributed by atoms with van der Waals surface area (Å²) in [5, 5.41) is 9.42. The average Bonchev–Trinajstić information content (AvgIpc) is 2.82. The fraction of sp³-hybridized carbons (Fsp3) is 0.643. The van der Waals surface area contributed by atoms with Gasteiger partial charge in [0.15, 0.2) is 0 Å². The monoisotopic (exact) mass is 462 g/mol. The Morgan fingerprint density at radius 3 is 1.73 bits per heavy atom. The number of carbonyl (C=O) groups excluding carboxylic acids is 2. The van der Waals surface area contributed by atoms with Gasteiger partial charge in [0, 0.05) is 6.08 Å². The smallest absolute Gasteiger partial charge is 0.341 e. The predicted molar refractivity (Wildman–Crippen MR) is 136 cm³/mol. The zero-order valence-electron chi connectivity index (χ0n) is 21.0. The van der Waals surface area contributed by atoms with Crippen molar-refractivity contribution in [3.05, 3.63) is 42.5 Å². The van der Waals surface area contributed by atoms with E-state index in [9.17, 15) is 14.7 Å². The van der Waals surface area contributed by atoms with Crippen molar-refractivity contribution in [1.29, 1.82) is 0 Å². The lowest BCUT2D eigenvalue weighted by Gasteiger charge is -2.05. The third-order valence-corrected chi connectivity index (χ3v) is 5.26. The molecule has 1 N–H and O–H groups in total. The zero-order valence-corrected chi connectivity index (χ0v) is 21.0. The van der Waals surface area contributed by atoms with Gasteiger partial charge < -0.3 is 14.6 Å². The molecule has 0 saturated heterocycles. The molecule has 5 nitrogen and oxygen atoms in total. The molecule has 0 fully saturated rings. The fourth-order valence-electron chi connectivity index (χ4n) is 3.24. The van der Waals surface area contributed by atoms with Crippen molar-refractivity contribution >= 4 is 11.9 Å². The van der Waals surface area contributed by atoms with Crippen LogP contribution < -0.4 is 0 Å². The topological polar surface area (TPSA) is 72.8 Å². The summed E-state index contributed by atoms with van der Waals surface area (Å²) in [6.45, 7) is 8.70. The minimum atomic E-state index is -0.449. The molecule has 0 bridgehead atoms. The van der Waals surface area contributed by atoms with Gasteiger partial charge in [0.1, 0.15) is 11.3 Å². The molecule has 188 valence electrons. The molecular formula is C28H46O5. The molecule has 0 radical (unpaired) electrons. The summed E-state index contributed by atoms with van der Waals surface area (Å²) in [5.74, 6) is -0.781. The first-order valence-electron chi connectivity index (χ1n) is 12.8. The van der Waals surface area contributed by atoms with Gasteiger partial charge in [0.2, 0.25) is 0 Å². The van der Waals surface area contributed by atoms with Crippen LogP contribution in [-0.2, 0) is 14.3 Å². The number of hydrogen-bond donors (Lipinski definition) is 1. The van der Waals surface area contributed by atoms with Gasteiger partial charge in [0.25, 0.3) is 0 Å². The molecule has 0 unspecified atom stereocenters. The number of phenols is 1. The molecular weight excluding hydrogens is 416 g/mol. The van der Waals surface area contributed by atoms with Gasteiger partial charge in [0.05, 0.1) is 13.2 Å². The minimum Gasteiger partial charge on any atom is -0.507 e. The van der Waals surface area contributed by atoms with E-state index in [2.05, 4.69) is 20.4 Å². The van der Waals surface area contributed by atoms with Crippen molar-refractivity contribution in [3.63, 3.8) is 0 Å². The van der Waals surface area contributed by atoms with Crippen molar-refractivity contribution < 1.29 is 24.2 Å². The molecule has 0 saturated carbocycles. The van der Waals surface area contributed by atoms with E-state index >= 15 is 0 Å². The maximum atomic E-state index is 11.5. The Morgan fingerprint density at radius 2 is 1.21 bits per heavy atom. The van der Waals surface area contributed by atoms with Crippen LogP contribution in [-0.4, -0.2) is 30.3 Å². The Morgan fingerprint density at radius 1 is 0.758 bits per heavy atom. The number of ether oxygens (including phenoxy) is 2. The number of carbonyl (C=O) groups is 2. The van der Waals surface area contributed by atoms with E-state index in [0.717, 1.165) is 32.1 Å². The lowest BCUT2D eigenvalue weighted by Crippen LogP contribution is -2.06. The maximum Gasteiger partial charge on any atom is 0.341 e. The Hall–Kier alpha value is -2.30. The van der Waals surface area contributed by atoms with Crippen LogP contribution >= 0.6 is 0 Å². The summed E-state index contributed by atoms with van der Waals surface area (Å²) in [6.07, 6.45) is 18.5. The van der Waals surface area contributed by atoms with E-state index < -0.39 is 5.97 Å². The summed E-state index contributed by atoms with van der Waals surface area (Å²) in [4.78, 5) is 22.2. The van der Waals surface area contributed by atoms with Crippen molar-refractivity contribution in [2.75, 3.05) is 13.2 Å². The average molecular weight is 463 g/mol. The highest BCUT2D eigenvalue weighted by atomic mass is 16.5. The number of para-hydroxylation sites is 1. The summed E-state index contributed by atoms with van der Waals surface area (Å²) >= 11 is 0. The molecule has 0 aliphatic heterocycles. The summed E-state index contributed by atoms with van der Waals surface area (Å²) < 4.78 is 9.96. The second-order valence-electron chi connectivity index (χ2n) is 8.27. The first-order valence-corrected chi connectivity index (χ1v) is 12.8. The highest BCUT2D eigenvalue weighted by Gasteiger charge is 2.10. The highest BCUT2D eigenvalue weighted by molar-refractivity contribution is 5.92. The molecule has 1 rings (SSSR count). The van der Waals surface area contributed by atoms with Gasteiger partial charge in [-0.05, 0) is 25.0 Å². The molecule has 0 spiro atoms. The first-order chi connectivity index (χ1) is 16.1. The van der Waals surface area contributed by atoms with Crippen molar-refractivity contribution in [3.8, 4) is 5.75 Å². The van der Waals surface area contributed by atoms with Gasteiger partial charge in [-0.1, -0.05) is 110 Å². The van der Waals surface area contributed by atoms with Crippen LogP contribution in [0.3, 0.4) is 0 Å². The van der Waals surface area contributed by atoms with Crippen LogP contribution in [0.25, 0.3) is 0 Å². The largest absolute Gasteiger partial charge is 0.507 e. The molecule has 0 aromatic heterocycles. The van der Waals surface area contributed by atoms with Crippen LogP contribution in [0.15, 0.2) is 36.9 Å². The number of phenolic OH excluding ortho intramolecular Hbond substituents is 1. The van der Waals surface area contributed by atoms with E-state index in [1.54, 1.807) is 18.2 Å². The third kappa shape index (κ3) is 18.9. The molecule has 33 heavy (non-hydrogen) atoms. The van der Waals surface area contributed by atoms with Gasteiger partial charge in [-0.2, -0.15) is 0 Å². The SMILES string of the molecule is C=CC(=O)OCCCCCCCCCCCC.CCCCCCOC(=O)c1ccccc1O. The van der Waals surface area contributed by atoms with E-state index in [4.69, 9.17) is 9.47 Å². The van der Waals surface area contributed by atoms with Crippen LogP contribution in [0.2, 0.25) is 0 Å². The van der Waals surface area contributed by atoms with Crippen molar-refractivity contribution in [2.24, 2.45) is 0 Å². The van der Waals surface area contributed by atoms with E-state index in [1.165, 1.54) is 69.9 Å². The quantitative estimate of drug-likeness (QED) is 0.137. The summed E-state index contributed by atoms with van der Waals surface area (Å²) in [6, 6.07) is 6.41. The lowest BCUT2D eigenvalue weighted by molar-refractivity contribution is -0.137. The molecule has 5 heteroatoms. The normalized spacial score (nSPS) is 10.1. The second kappa shape index (κ2) is 22.9. The van der Waals surface area contributed by atoms with E-state index in [0.29, 0.717) is 13.2 Å². The number of benzene rings is 1. The van der Waals surface area contributed by atoms with Gasteiger partial charge in [-0.3, -0.25) is 0 Å².